The zero-order chi connectivity index (χ0) is 24.2. The maximum Gasteiger partial charge on any atom is 0.293 e. The topological polar surface area (TPSA) is 77.8 Å². The molecule has 7 nitrogen and oxygen atoms in total. The van der Waals surface area contributed by atoms with Crippen molar-refractivity contribution in [2.45, 2.75) is 6.92 Å². The molecule has 0 saturated carbocycles. The Kier molecular flexibility index (Phi) is 7.41. The molecule has 0 bridgehead atoms. The van der Waals surface area contributed by atoms with Gasteiger partial charge in [-0.1, -0.05) is 35.3 Å². The van der Waals surface area contributed by atoms with Crippen molar-refractivity contribution in [2.24, 2.45) is 0 Å². The number of halogens is 2. The van der Waals surface area contributed by atoms with Gasteiger partial charge in [0.2, 0.25) is 5.91 Å². The molecule has 1 aliphatic heterocycles. The van der Waals surface area contributed by atoms with Crippen molar-refractivity contribution in [3.8, 4) is 11.3 Å². The van der Waals surface area contributed by atoms with Crippen LogP contribution >= 0.6 is 35.4 Å². The summed E-state index contributed by atoms with van der Waals surface area (Å²) >= 11 is 17.4. The molecule has 2 heterocycles. The van der Waals surface area contributed by atoms with Crippen molar-refractivity contribution in [3.05, 3.63) is 70.4 Å². The van der Waals surface area contributed by atoms with Crippen molar-refractivity contribution in [2.75, 3.05) is 36.4 Å². The Balaban J connectivity index is 1.40. The molecule has 176 valence electrons. The zero-order valence-electron chi connectivity index (χ0n) is 18.3. The summed E-state index contributed by atoms with van der Waals surface area (Å²) in [5.41, 5.74) is 2.41. The van der Waals surface area contributed by atoms with Crippen LogP contribution in [0.25, 0.3) is 11.3 Å². The lowest BCUT2D eigenvalue weighted by Crippen LogP contribution is -2.48. The average molecular weight is 517 g/mol. The largest absolute Gasteiger partial charge is 0.451 e. The number of benzene rings is 2. The number of carbonyl (C=O) groups excluding carboxylic acids is 2. The summed E-state index contributed by atoms with van der Waals surface area (Å²) in [4.78, 5) is 28.3. The summed E-state index contributed by atoms with van der Waals surface area (Å²) in [6, 6.07) is 16.0. The van der Waals surface area contributed by atoms with Gasteiger partial charge in [0, 0.05) is 38.7 Å². The minimum absolute atomic E-state index is 0.0789. The van der Waals surface area contributed by atoms with Crippen LogP contribution in [0.15, 0.2) is 59.0 Å². The molecular weight excluding hydrogens is 495 g/mol. The smallest absolute Gasteiger partial charge is 0.293 e. The number of nitrogens with one attached hydrogen (secondary N) is 2. The lowest BCUT2D eigenvalue weighted by atomic mass is 10.2. The number of furan rings is 1. The van der Waals surface area contributed by atoms with Crippen LogP contribution in [-0.4, -0.2) is 48.0 Å². The van der Waals surface area contributed by atoms with Crippen molar-refractivity contribution >= 4 is 63.7 Å². The minimum Gasteiger partial charge on any atom is -0.451 e. The van der Waals surface area contributed by atoms with Gasteiger partial charge in [0.05, 0.1) is 21.4 Å². The molecule has 1 fully saturated rings. The van der Waals surface area contributed by atoms with Gasteiger partial charge in [-0.3, -0.25) is 14.9 Å². The highest BCUT2D eigenvalue weighted by Gasteiger charge is 2.21. The van der Waals surface area contributed by atoms with Gasteiger partial charge in [0.1, 0.15) is 5.76 Å². The van der Waals surface area contributed by atoms with E-state index in [0.29, 0.717) is 47.5 Å². The number of para-hydroxylation sites is 2. The van der Waals surface area contributed by atoms with Gasteiger partial charge in [0.15, 0.2) is 10.9 Å². The molecular formula is C24H22Cl2N4O3S. The molecule has 0 unspecified atom stereocenters. The summed E-state index contributed by atoms with van der Waals surface area (Å²) in [5, 5.41) is 6.73. The normalized spacial score (nSPS) is 13.5. The van der Waals surface area contributed by atoms with Gasteiger partial charge in [-0.25, -0.2) is 0 Å². The predicted octanol–water partition coefficient (Wildman–Crippen LogP) is 5.05. The number of hydrogen-bond acceptors (Lipinski definition) is 5. The molecule has 1 aromatic heterocycles. The van der Waals surface area contributed by atoms with E-state index in [1.807, 2.05) is 29.2 Å². The Morgan fingerprint density at radius 3 is 2.41 bits per heavy atom. The molecule has 10 heteroatoms. The van der Waals surface area contributed by atoms with E-state index in [-0.39, 0.29) is 16.8 Å². The fourth-order valence-electron chi connectivity index (χ4n) is 3.70. The lowest BCUT2D eigenvalue weighted by Gasteiger charge is -2.36. The van der Waals surface area contributed by atoms with Crippen LogP contribution in [0.1, 0.15) is 17.5 Å². The van der Waals surface area contributed by atoms with Gasteiger partial charge in [0.25, 0.3) is 5.91 Å². The molecule has 4 rings (SSSR count). The van der Waals surface area contributed by atoms with Gasteiger partial charge in [-0.2, -0.15) is 0 Å². The average Bonchev–Trinajstić information content (AvgIpc) is 3.32. The van der Waals surface area contributed by atoms with Crippen LogP contribution in [0, 0.1) is 0 Å². The van der Waals surface area contributed by atoms with E-state index in [9.17, 15) is 9.59 Å². The van der Waals surface area contributed by atoms with E-state index in [1.54, 1.807) is 37.3 Å². The summed E-state index contributed by atoms with van der Waals surface area (Å²) in [5.74, 6) is 0.197. The number of nitrogens with zero attached hydrogens (tertiary/aromatic N) is 2. The Hall–Kier alpha value is -3.07. The number of piperazine rings is 1. The van der Waals surface area contributed by atoms with Crippen molar-refractivity contribution < 1.29 is 14.0 Å². The summed E-state index contributed by atoms with van der Waals surface area (Å²) in [7, 11) is 0. The quantitative estimate of drug-likeness (QED) is 0.472. The van der Waals surface area contributed by atoms with Crippen molar-refractivity contribution in [1.82, 2.24) is 10.2 Å². The van der Waals surface area contributed by atoms with E-state index in [1.165, 1.54) is 0 Å². The van der Waals surface area contributed by atoms with Gasteiger partial charge < -0.3 is 19.5 Å². The number of hydrogen-bond donors (Lipinski definition) is 2. The van der Waals surface area contributed by atoms with E-state index < -0.39 is 5.91 Å². The van der Waals surface area contributed by atoms with Crippen LogP contribution in [0.3, 0.4) is 0 Å². The predicted molar refractivity (Wildman–Crippen MR) is 139 cm³/mol. The third-order valence-corrected chi connectivity index (χ3v) is 6.42. The fourth-order valence-corrected chi connectivity index (χ4v) is 4.20. The molecule has 0 aliphatic carbocycles. The molecule has 0 spiro atoms. The molecule has 2 amide bonds. The van der Waals surface area contributed by atoms with Gasteiger partial charge in [-0.05, 0) is 54.7 Å². The first-order chi connectivity index (χ1) is 16.3. The second-order valence-corrected chi connectivity index (χ2v) is 8.93. The Bertz CT molecular complexity index is 1240. The van der Waals surface area contributed by atoms with Gasteiger partial charge >= 0.3 is 0 Å². The zero-order valence-corrected chi connectivity index (χ0v) is 20.6. The number of carbonyl (C=O) groups is 2. The standard InChI is InChI=1S/C24H22Cl2N4O3S/c1-15(31)29-10-12-30(13-11-29)20-5-3-2-4-19(20)27-24(34)28-23(32)22-9-8-21(33-22)16-6-7-17(25)18(26)14-16/h2-9,14H,10-13H2,1H3,(H2,27,28,32,34). The van der Waals surface area contributed by atoms with E-state index in [4.69, 9.17) is 39.8 Å². The molecule has 34 heavy (non-hydrogen) atoms. The first-order valence-electron chi connectivity index (χ1n) is 10.6. The summed E-state index contributed by atoms with van der Waals surface area (Å²) in [6.45, 7) is 4.32. The highest BCUT2D eigenvalue weighted by molar-refractivity contribution is 7.80. The van der Waals surface area contributed by atoms with E-state index >= 15 is 0 Å². The fraction of sp³-hybridized carbons (Fsp3) is 0.208. The lowest BCUT2D eigenvalue weighted by molar-refractivity contribution is -0.129. The first kappa shape index (κ1) is 24.1. The van der Waals surface area contributed by atoms with Crippen molar-refractivity contribution in [1.29, 1.82) is 0 Å². The molecule has 1 saturated heterocycles. The number of amides is 2. The molecule has 3 aromatic rings. The highest BCUT2D eigenvalue weighted by Crippen LogP contribution is 2.30. The Labute approximate surface area is 212 Å². The van der Waals surface area contributed by atoms with Crippen LogP contribution in [0.2, 0.25) is 10.0 Å². The SMILES string of the molecule is CC(=O)N1CCN(c2ccccc2NC(=S)NC(=O)c2ccc(-c3ccc(Cl)c(Cl)c3)o2)CC1. The van der Waals surface area contributed by atoms with Crippen molar-refractivity contribution in [3.63, 3.8) is 0 Å². The summed E-state index contributed by atoms with van der Waals surface area (Å²) in [6.07, 6.45) is 0. The third-order valence-electron chi connectivity index (χ3n) is 5.48. The van der Waals surface area contributed by atoms with Crippen LogP contribution < -0.4 is 15.5 Å². The van der Waals surface area contributed by atoms with Crippen LogP contribution in [0.5, 0.6) is 0 Å². The maximum atomic E-state index is 12.7. The van der Waals surface area contributed by atoms with E-state index in [2.05, 4.69) is 15.5 Å². The second kappa shape index (κ2) is 10.5. The molecule has 2 aromatic carbocycles. The second-order valence-electron chi connectivity index (χ2n) is 7.71. The Morgan fingerprint density at radius 1 is 0.971 bits per heavy atom. The molecule has 0 atom stereocenters. The minimum atomic E-state index is -0.476. The number of thiocarbonyl (C=S) groups is 1. The van der Waals surface area contributed by atoms with Crippen LogP contribution in [-0.2, 0) is 4.79 Å². The van der Waals surface area contributed by atoms with Crippen LogP contribution in [0.4, 0.5) is 11.4 Å². The Morgan fingerprint density at radius 2 is 1.71 bits per heavy atom. The first-order valence-corrected chi connectivity index (χ1v) is 11.8. The molecule has 0 radical (unpaired) electrons. The number of anilines is 2. The summed E-state index contributed by atoms with van der Waals surface area (Å²) < 4.78 is 5.68. The number of rotatable bonds is 4. The monoisotopic (exact) mass is 516 g/mol. The molecule has 1 aliphatic rings. The third kappa shape index (κ3) is 5.52. The van der Waals surface area contributed by atoms with Gasteiger partial charge in [-0.15, -0.1) is 0 Å². The highest BCUT2D eigenvalue weighted by atomic mass is 35.5. The maximum absolute atomic E-state index is 12.7. The van der Waals surface area contributed by atoms with E-state index in [0.717, 1.165) is 11.4 Å². The molecule has 2 N–H and O–H groups in total.